The van der Waals surface area contributed by atoms with Gasteiger partial charge < -0.3 is 14.5 Å². The van der Waals surface area contributed by atoms with E-state index in [9.17, 15) is 0 Å². The maximum Gasteiger partial charge on any atom is 0.191 e. The van der Waals surface area contributed by atoms with Crippen molar-refractivity contribution in [2.24, 2.45) is 7.05 Å². The SMILES string of the molecule is Cl.Cn1c(SCCn2cnnc2)nnc1C1CCCNC1. The van der Waals surface area contributed by atoms with E-state index in [2.05, 4.69) is 37.3 Å². The second kappa shape index (κ2) is 7.77. The van der Waals surface area contributed by atoms with Crippen molar-refractivity contribution in [1.82, 2.24) is 34.8 Å². The number of aryl methyl sites for hydroxylation is 1. The molecule has 7 nitrogen and oxygen atoms in total. The minimum absolute atomic E-state index is 0. The van der Waals surface area contributed by atoms with E-state index in [0.717, 1.165) is 36.4 Å². The molecule has 0 spiro atoms. The molecule has 1 unspecified atom stereocenters. The Hall–Kier alpha value is -1.12. The van der Waals surface area contributed by atoms with Crippen LogP contribution in [0, 0.1) is 0 Å². The third-order valence-corrected chi connectivity index (χ3v) is 4.58. The number of aromatic nitrogens is 6. The first-order chi connectivity index (χ1) is 9.84. The van der Waals surface area contributed by atoms with Crippen LogP contribution < -0.4 is 5.32 Å². The molecule has 2 aromatic rings. The monoisotopic (exact) mass is 329 g/mol. The average Bonchev–Trinajstić information content (AvgIpc) is 3.11. The highest BCUT2D eigenvalue weighted by atomic mass is 35.5. The molecular formula is C12H20ClN7S. The normalized spacial score (nSPS) is 18.4. The van der Waals surface area contributed by atoms with Crippen LogP contribution in [0.25, 0.3) is 0 Å². The van der Waals surface area contributed by atoms with Crippen LogP contribution in [0.3, 0.4) is 0 Å². The predicted molar refractivity (Wildman–Crippen MR) is 83.8 cm³/mol. The van der Waals surface area contributed by atoms with Crippen LogP contribution in [0.5, 0.6) is 0 Å². The molecule has 2 aromatic heterocycles. The largest absolute Gasteiger partial charge is 0.319 e. The molecule has 0 aromatic carbocycles. The highest BCUT2D eigenvalue weighted by molar-refractivity contribution is 7.99. The van der Waals surface area contributed by atoms with Crippen LogP contribution in [0.4, 0.5) is 0 Å². The molecule has 0 radical (unpaired) electrons. The van der Waals surface area contributed by atoms with E-state index in [-0.39, 0.29) is 12.4 Å². The molecule has 1 N–H and O–H groups in total. The number of piperidine rings is 1. The van der Waals surface area contributed by atoms with Crippen molar-refractivity contribution < 1.29 is 0 Å². The number of halogens is 1. The number of hydrogen-bond donors (Lipinski definition) is 1. The van der Waals surface area contributed by atoms with Crippen molar-refractivity contribution in [2.45, 2.75) is 30.5 Å². The van der Waals surface area contributed by atoms with Crippen molar-refractivity contribution in [3.05, 3.63) is 18.5 Å². The lowest BCUT2D eigenvalue weighted by Crippen LogP contribution is -2.29. The quantitative estimate of drug-likeness (QED) is 0.828. The maximum atomic E-state index is 4.38. The predicted octanol–water partition coefficient (Wildman–Crippen LogP) is 1.09. The third-order valence-electron chi connectivity index (χ3n) is 3.58. The molecule has 0 bridgehead atoms. The molecule has 9 heteroatoms. The van der Waals surface area contributed by atoms with E-state index in [4.69, 9.17) is 0 Å². The van der Waals surface area contributed by atoms with Gasteiger partial charge in [0.1, 0.15) is 18.5 Å². The zero-order chi connectivity index (χ0) is 13.8. The van der Waals surface area contributed by atoms with Gasteiger partial charge in [-0.15, -0.1) is 32.8 Å². The second-order valence-corrected chi connectivity index (χ2v) is 6.05. The maximum absolute atomic E-state index is 4.38. The molecule has 21 heavy (non-hydrogen) atoms. The summed E-state index contributed by atoms with van der Waals surface area (Å²) in [7, 11) is 2.06. The van der Waals surface area contributed by atoms with Gasteiger partial charge in [0.15, 0.2) is 5.16 Å². The van der Waals surface area contributed by atoms with E-state index in [1.54, 1.807) is 24.4 Å². The van der Waals surface area contributed by atoms with Gasteiger partial charge in [-0.2, -0.15) is 0 Å². The Morgan fingerprint density at radius 3 is 2.86 bits per heavy atom. The van der Waals surface area contributed by atoms with Crippen molar-refractivity contribution in [3.63, 3.8) is 0 Å². The molecule has 116 valence electrons. The minimum atomic E-state index is 0. The summed E-state index contributed by atoms with van der Waals surface area (Å²) in [6, 6.07) is 0. The summed E-state index contributed by atoms with van der Waals surface area (Å²) < 4.78 is 4.10. The molecule has 3 rings (SSSR count). The lowest BCUT2D eigenvalue weighted by atomic mass is 9.99. The number of nitrogens with one attached hydrogen (secondary N) is 1. The van der Waals surface area contributed by atoms with Crippen molar-refractivity contribution in [3.8, 4) is 0 Å². The Kier molecular flexibility index (Phi) is 6.01. The number of rotatable bonds is 5. The smallest absolute Gasteiger partial charge is 0.191 e. The lowest BCUT2D eigenvalue weighted by molar-refractivity contribution is 0.436. The summed E-state index contributed by atoms with van der Waals surface area (Å²) >= 11 is 1.72. The van der Waals surface area contributed by atoms with Crippen LogP contribution in [0.2, 0.25) is 0 Å². The summed E-state index contributed by atoms with van der Waals surface area (Å²) in [6.07, 6.45) is 5.88. The standard InChI is InChI=1S/C12H19N7S.ClH/c1-18-11(10-3-2-4-13-7-10)16-17-12(18)20-6-5-19-8-14-15-9-19;/h8-10,13H,2-7H2,1H3;1H. The fraction of sp³-hybridized carbons (Fsp3) is 0.667. The molecule has 0 saturated carbocycles. The van der Waals surface area contributed by atoms with Crippen LogP contribution in [-0.2, 0) is 13.6 Å². The Balaban J connectivity index is 0.00000161. The van der Waals surface area contributed by atoms with Crippen molar-refractivity contribution >= 4 is 24.2 Å². The highest BCUT2D eigenvalue weighted by Crippen LogP contribution is 2.24. The summed E-state index contributed by atoms with van der Waals surface area (Å²) in [5.74, 6) is 2.53. The minimum Gasteiger partial charge on any atom is -0.319 e. The van der Waals surface area contributed by atoms with E-state index in [1.807, 2.05) is 4.57 Å². The molecular weight excluding hydrogens is 310 g/mol. The first kappa shape index (κ1) is 16.3. The van der Waals surface area contributed by atoms with Crippen LogP contribution in [-0.4, -0.2) is 48.4 Å². The molecule has 1 saturated heterocycles. The van der Waals surface area contributed by atoms with Gasteiger partial charge in [-0.3, -0.25) is 0 Å². The van der Waals surface area contributed by atoms with Crippen molar-refractivity contribution in [1.29, 1.82) is 0 Å². The molecule has 1 aliphatic heterocycles. The van der Waals surface area contributed by atoms with Gasteiger partial charge in [0, 0.05) is 31.8 Å². The van der Waals surface area contributed by atoms with Gasteiger partial charge in [-0.1, -0.05) is 11.8 Å². The summed E-state index contributed by atoms with van der Waals surface area (Å²) in [6.45, 7) is 3.01. The summed E-state index contributed by atoms with van der Waals surface area (Å²) in [5, 5.41) is 20.7. The molecule has 1 atom stereocenters. The number of thioether (sulfide) groups is 1. The van der Waals surface area contributed by atoms with E-state index in [0.29, 0.717) is 5.92 Å². The Morgan fingerprint density at radius 2 is 2.14 bits per heavy atom. The Labute approximate surface area is 134 Å². The fourth-order valence-corrected chi connectivity index (χ4v) is 3.33. The number of nitrogens with zero attached hydrogens (tertiary/aromatic N) is 6. The fourth-order valence-electron chi connectivity index (χ4n) is 2.46. The van der Waals surface area contributed by atoms with Crippen LogP contribution in [0.1, 0.15) is 24.6 Å². The van der Waals surface area contributed by atoms with Gasteiger partial charge >= 0.3 is 0 Å². The molecule has 1 fully saturated rings. The van der Waals surface area contributed by atoms with Gasteiger partial charge in [0.25, 0.3) is 0 Å². The van der Waals surface area contributed by atoms with Gasteiger partial charge in [-0.25, -0.2) is 0 Å². The highest BCUT2D eigenvalue weighted by Gasteiger charge is 2.21. The van der Waals surface area contributed by atoms with E-state index in [1.165, 1.54) is 12.8 Å². The first-order valence-electron chi connectivity index (χ1n) is 6.90. The summed E-state index contributed by atoms with van der Waals surface area (Å²) in [5.41, 5.74) is 0. The van der Waals surface area contributed by atoms with Crippen LogP contribution in [0.15, 0.2) is 17.8 Å². The molecule has 3 heterocycles. The van der Waals surface area contributed by atoms with Gasteiger partial charge in [0.05, 0.1) is 0 Å². The van der Waals surface area contributed by atoms with E-state index < -0.39 is 0 Å². The Bertz CT molecular complexity index is 536. The topological polar surface area (TPSA) is 73.5 Å². The average molecular weight is 330 g/mol. The first-order valence-corrected chi connectivity index (χ1v) is 7.88. The number of hydrogen-bond acceptors (Lipinski definition) is 6. The molecule has 0 aliphatic carbocycles. The van der Waals surface area contributed by atoms with Gasteiger partial charge in [-0.05, 0) is 19.4 Å². The second-order valence-electron chi connectivity index (χ2n) is 4.99. The molecule has 1 aliphatic rings. The van der Waals surface area contributed by atoms with Crippen LogP contribution >= 0.6 is 24.2 Å². The third kappa shape index (κ3) is 3.96. The van der Waals surface area contributed by atoms with Crippen molar-refractivity contribution in [2.75, 3.05) is 18.8 Å². The van der Waals surface area contributed by atoms with E-state index >= 15 is 0 Å². The van der Waals surface area contributed by atoms with Gasteiger partial charge in [0.2, 0.25) is 0 Å². The molecule has 0 amide bonds. The zero-order valence-electron chi connectivity index (χ0n) is 12.0. The zero-order valence-corrected chi connectivity index (χ0v) is 13.6. The Morgan fingerprint density at radius 1 is 1.33 bits per heavy atom. The summed E-state index contributed by atoms with van der Waals surface area (Å²) in [4.78, 5) is 0. The lowest BCUT2D eigenvalue weighted by Gasteiger charge is -2.21.